The third kappa shape index (κ3) is 3.21. The number of benzene rings is 1. The summed E-state index contributed by atoms with van der Waals surface area (Å²) in [5.74, 6) is -0.00715. The van der Waals surface area contributed by atoms with Crippen molar-refractivity contribution in [2.24, 2.45) is 0 Å². The van der Waals surface area contributed by atoms with E-state index in [9.17, 15) is 9.90 Å². The van der Waals surface area contributed by atoms with Crippen molar-refractivity contribution in [3.63, 3.8) is 0 Å². The number of rotatable bonds is 5. The normalized spacial score (nSPS) is 15.6. The number of aromatic amines is 1. The summed E-state index contributed by atoms with van der Waals surface area (Å²) < 4.78 is 0. The van der Waals surface area contributed by atoms with Crippen molar-refractivity contribution in [3.05, 3.63) is 39.6 Å². The minimum absolute atomic E-state index is 0.100. The Balaban J connectivity index is 1.78. The summed E-state index contributed by atoms with van der Waals surface area (Å²) in [5.41, 5.74) is 0.401. The van der Waals surface area contributed by atoms with Crippen LogP contribution >= 0.6 is 23.2 Å². The molecule has 116 valence electrons. The summed E-state index contributed by atoms with van der Waals surface area (Å²) in [6, 6.07) is 4.72. The molecule has 1 atom stereocenters. The minimum Gasteiger partial charge on any atom is -0.378 e. The van der Waals surface area contributed by atoms with Crippen LogP contribution in [0.15, 0.2) is 18.2 Å². The fourth-order valence-corrected chi connectivity index (χ4v) is 2.46. The molecule has 1 aromatic heterocycles. The van der Waals surface area contributed by atoms with Gasteiger partial charge in [0.05, 0.1) is 16.6 Å². The number of hydrogen-bond donors (Lipinski definition) is 2. The molecule has 1 saturated carbocycles. The summed E-state index contributed by atoms with van der Waals surface area (Å²) in [5, 5.41) is 24.5. The number of H-pyrrole nitrogens is 1. The molecular weight excluding hydrogens is 329 g/mol. The highest BCUT2D eigenvalue weighted by atomic mass is 35.5. The summed E-state index contributed by atoms with van der Waals surface area (Å²) in [4.78, 5) is 14.1. The number of nitrogens with one attached hydrogen (secondary N) is 1. The monoisotopic (exact) mass is 341 g/mol. The molecule has 1 aliphatic carbocycles. The molecule has 3 rings (SSSR count). The van der Waals surface area contributed by atoms with Gasteiger partial charge in [0.1, 0.15) is 0 Å². The van der Waals surface area contributed by atoms with Gasteiger partial charge in [-0.05, 0) is 30.5 Å². The van der Waals surface area contributed by atoms with Crippen LogP contribution in [-0.2, 0) is 11.3 Å². The van der Waals surface area contributed by atoms with Crippen LogP contribution in [0, 0.1) is 0 Å². The average molecular weight is 342 g/mol. The Morgan fingerprint density at radius 2 is 2.18 bits per heavy atom. The number of nitrogens with zero attached hydrogens (tertiary/aromatic N) is 4. The molecule has 2 N–H and O–H groups in total. The van der Waals surface area contributed by atoms with E-state index < -0.39 is 12.0 Å². The van der Waals surface area contributed by atoms with E-state index in [4.69, 9.17) is 23.2 Å². The van der Waals surface area contributed by atoms with Gasteiger partial charge in [-0.25, -0.2) is 0 Å². The van der Waals surface area contributed by atoms with E-state index in [0.29, 0.717) is 21.4 Å². The molecule has 1 unspecified atom stereocenters. The van der Waals surface area contributed by atoms with Crippen LogP contribution in [0.25, 0.3) is 0 Å². The Morgan fingerprint density at radius 3 is 2.77 bits per heavy atom. The van der Waals surface area contributed by atoms with Crippen LogP contribution in [0.5, 0.6) is 0 Å². The van der Waals surface area contributed by atoms with Crippen molar-refractivity contribution < 1.29 is 9.90 Å². The predicted octanol–water partition coefficient (Wildman–Crippen LogP) is 1.73. The van der Waals surface area contributed by atoms with Crippen molar-refractivity contribution in [1.82, 2.24) is 25.5 Å². The Hall–Kier alpha value is -1.70. The van der Waals surface area contributed by atoms with Crippen LogP contribution in [0.1, 0.15) is 30.3 Å². The molecule has 1 fully saturated rings. The third-order valence-electron chi connectivity index (χ3n) is 3.47. The van der Waals surface area contributed by atoms with E-state index in [1.165, 1.54) is 6.07 Å². The molecular formula is C13H13Cl2N5O2. The van der Waals surface area contributed by atoms with E-state index in [0.717, 1.165) is 12.8 Å². The predicted molar refractivity (Wildman–Crippen MR) is 79.2 cm³/mol. The van der Waals surface area contributed by atoms with Crippen LogP contribution < -0.4 is 0 Å². The van der Waals surface area contributed by atoms with Crippen molar-refractivity contribution >= 4 is 29.1 Å². The maximum absolute atomic E-state index is 12.6. The van der Waals surface area contributed by atoms with Gasteiger partial charge in [0.15, 0.2) is 11.9 Å². The fourth-order valence-electron chi connectivity index (χ4n) is 2.16. The number of hydrogen-bond acceptors (Lipinski definition) is 5. The summed E-state index contributed by atoms with van der Waals surface area (Å²) in [7, 11) is 0. The van der Waals surface area contributed by atoms with Crippen molar-refractivity contribution in [2.45, 2.75) is 31.5 Å². The van der Waals surface area contributed by atoms with Crippen LogP contribution in [0.2, 0.25) is 10.0 Å². The Morgan fingerprint density at radius 1 is 1.41 bits per heavy atom. The van der Waals surface area contributed by atoms with Crippen molar-refractivity contribution in [3.8, 4) is 0 Å². The molecule has 22 heavy (non-hydrogen) atoms. The quantitative estimate of drug-likeness (QED) is 0.863. The fraction of sp³-hybridized carbons (Fsp3) is 0.385. The van der Waals surface area contributed by atoms with Crippen LogP contribution in [-0.4, -0.2) is 42.6 Å². The first-order valence-corrected chi connectivity index (χ1v) is 7.47. The van der Waals surface area contributed by atoms with E-state index >= 15 is 0 Å². The van der Waals surface area contributed by atoms with Gasteiger partial charge in [-0.3, -0.25) is 4.79 Å². The smallest absolute Gasteiger partial charge is 0.256 e. The number of carbonyl (C=O) groups excluding carboxylic acids is 1. The van der Waals surface area contributed by atoms with Gasteiger partial charge < -0.3 is 10.0 Å². The Kier molecular flexibility index (Phi) is 4.28. The van der Waals surface area contributed by atoms with Gasteiger partial charge in [-0.1, -0.05) is 34.5 Å². The van der Waals surface area contributed by atoms with Gasteiger partial charge >= 0.3 is 0 Å². The molecule has 1 aromatic carbocycles. The van der Waals surface area contributed by atoms with Crippen LogP contribution in [0.3, 0.4) is 0 Å². The molecule has 0 radical (unpaired) electrons. The standard InChI is InChI=1S/C13H13Cl2N5O2/c14-9-4-1-7(5-10(9)15)12(21)13(22)20(8-2-3-8)6-11-16-18-19-17-11/h1,4-5,8,12,21H,2-3,6H2,(H,16,17,18,19). The number of tetrazole rings is 1. The molecule has 1 heterocycles. The number of aromatic nitrogens is 4. The van der Waals surface area contributed by atoms with Crippen LogP contribution in [0.4, 0.5) is 0 Å². The zero-order chi connectivity index (χ0) is 15.7. The molecule has 0 bridgehead atoms. The first-order valence-electron chi connectivity index (χ1n) is 6.72. The highest BCUT2D eigenvalue weighted by molar-refractivity contribution is 6.42. The number of amides is 1. The SMILES string of the molecule is O=C(C(O)c1ccc(Cl)c(Cl)c1)N(Cc1nn[nH]n1)C1CC1. The molecule has 1 aliphatic rings. The second kappa shape index (κ2) is 6.20. The van der Waals surface area contributed by atoms with E-state index in [-0.39, 0.29) is 12.6 Å². The Bertz CT molecular complexity index is 675. The zero-order valence-corrected chi connectivity index (χ0v) is 12.9. The first-order chi connectivity index (χ1) is 10.6. The molecule has 9 heteroatoms. The van der Waals surface area contributed by atoms with Gasteiger partial charge in [0, 0.05) is 6.04 Å². The summed E-state index contributed by atoms with van der Waals surface area (Å²) >= 11 is 11.8. The molecule has 0 spiro atoms. The Labute approximate surface area is 136 Å². The van der Waals surface area contributed by atoms with E-state index in [1.54, 1.807) is 17.0 Å². The van der Waals surface area contributed by atoms with Gasteiger partial charge in [-0.2, -0.15) is 5.21 Å². The van der Waals surface area contributed by atoms with Gasteiger partial charge in [-0.15, -0.1) is 10.2 Å². The zero-order valence-electron chi connectivity index (χ0n) is 11.4. The molecule has 0 saturated heterocycles. The van der Waals surface area contributed by atoms with E-state index in [2.05, 4.69) is 20.6 Å². The second-order valence-corrected chi connectivity index (χ2v) is 5.92. The minimum atomic E-state index is -1.30. The number of carbonyl (C=O) groups is 1. The lowest BCUT2D eigenvalue weighted by atomic mass is 10.1. The highest BCUT2D eigenvalue weighted by Gasteiger charge is 2.36. The largest absolute Gasteiger partial charge is 0.378 e. The molecule has 1 amide bonds. The van der Waals surface area contributed by atoms with E-state index in [1.807, 2.05) is 0 Å². The summed E-state index contributed by atoms with van der Waals surface area (Å²) in [6.07, 6.45) is 0.498. The molecule has 2 aromatic rings. The first kappa shape index (κ1) is 15.2. The molecule has 0 aliphatic heterocycles. The maximum atomic E-state index is 12.6. The third-order valence-corrected chi connectivity index (χ3v) is 4.20. The van der Waals surface area contributed by atoms with Crippen molar-refractivity contribution in [1.29, 1.82) is 0 Å². The topological polar surface area (TPSA) is 95.0 Å². The second-order valence-electron chi connectivity index (χ2n) is 5.10. The number of halogens is 2. The lowest BCUT2D eigenvalue weighted by Crippen LogP contribution is -2.36. The van der Waals surface area contributed by atoms with Gasteiger partial charge in [0.25, 0.3) is 5.91 Å². The average Bonchev–Trinajstić information content (AvgIpc) is 3.22. The van der Waals surface area contributed by atoms with Gasteiger partial charge in [0.2, 0.25) is 0 Å². The maximum Gasteiger partial charge on any atom is 0.256 e. The number of aliphatic hydroxyl groups is 1. The lowest BCUT2D eigenvalue weighted by molar-refractivity contribution is -0.142. The van der Waals surface area contributed by atoms with Crippen molar-refractivity contribution in [2.75, 3.05) is 0 Å². The summed E-state index contributed by atoms with van der Waals surface area (Å²) in [6.45, 7) is 0.207. The molecule has 7 nitrogen and oxygen atoms in total. The lowest BCUT2D eigenvalue weighted by Gasteiger charge is -2.24. The highest BCUT2D eigenvalue weighted by Crippen LogP contribution is 2.32. The number of aliphatic hydroxyl groups excluding tert-OH is 1.